The molecule has 3 nitrogen and oxygen atoms in total. The highest BCUT2D eigenvalue weighted by molar-refractivity contribution is 5.60. The monoisotopic (exact) mass is 213 g/mol. The zero-order chi connectivity index (χ0) is 11.4. The molecule has 0 atom stereocenters. The SMILES string of the molecule is NCc1cccc(-c2cccc(CN)n2)c1. The number of rotatable bonds is 3. The van der Waals surface area contributed by atoms with Crippen LogP contribution in [0.25, 0.3) is 11.3 Å². The van der Waals surface area contributed by atoms with Gasteiger partial charge in [0.25, 0.3) is 0 Å². The van der Waals surface area contributed by atoms with E-state index in [0.717, 1.165) is 22.5 Å². The van der Waals surface area contributed by atoms with Crippen LogP contribution >= 0.6 is 0 Å². The first-order valence-electron chi connectivity index (χ1n) is 5.29. The van der Waals surface area contributed by atoms with Gasteiger partial charge in [0, 0.05) is 18.7 Å². The van der Waals surface area contributed by atoms with Crippen LogP contribution in [-0.4, -0.2) is 4.98 Å². The van der Waals surface area contributed by atoms with Gasteiger partial charge in [0.1, 0.15) is 0 Å². The zero-order valence-electron chi connectivity index (χ0n) is 9.06. The van der Waals surface area contributed by atoms with Crippen molar-refractivity contribution in [2.45, 2.75) is 13.1 Å². The van der Waals surface area contributed by atoms with Crippen molar-refractivity contribution in [2.24, 2.45) is 11.5 Å². The fourth-order valence-corrected chi connectivity index (χ4v) is 1.61. The number of aromatic nitrogens is 1. The molecule has 0 unspecified atom stereocenters. The summed E-state index contributed by atoms with van der Waals surface area (Å²) >= 11 is 0. The van der Waals surface area contributed by atoms with Gasteiger partial charge < -0.3 is 11.5 Å². The van der Waals surface area contributed by atoms with Crippen LogP contribution in [0.15, 0.2) is 42.5 Å². The fraction of sp³-hybridized carbons (Fsp3) is 0.154. The quantitative estimate of drug-likeness (QED) is 0.815. The van der Waals surface area contributed by atoms with Crippen molar-refractivity contribution in [1.29, 1.82) is 0 Å². The van der Waals surface area contributed by atoms with Crippen molar-refractivity contribution < 1.29 is 0 Å². The van der Waals surface area contributed by atoms with E-state index in [9.17, 15) is 0 Å². The highest BCUT2D eigenvalue weighted by atomic mass is 14.7. The summed E-state index contributed by atoms with van der Waals surface area (Å²) in [6, 6.07) is 14.0. The number of pyridine rings is 1. The molecule has 1 aromatic carbocycles. The van der Waals surface area contributed by atoms with E-state index in [1.165, 1.54) is 0 Å². The van der Waals surface area contributed by atoms with Crippen LogP contribution in [0.3, 0.4) is 0 Å². The minimum atomic E-state index is 0.463. The molecular formula is C13H15N3. The van der Waals surface area contributed by atoms with E-state index in [1.54, 1.807) is 0 Å². The first-order valence-corrected chi connectivity index (χ1v) is 5.29. The molecule has 1 heterocycles. The lowest BCUT2D eigenvalue weighted by Gasteiger charge is -2.04. The molecule has 2 aromatic rings. The molecule has 0 saturated carbocycles. The Kier molecular flexibility index (Phi) is 3.29. The maximum absolute atomic E-state index is 5.61. The van der Waals surface area contributed by atoms with E-state index in [4.69, 9.17) is 11.5 Å². The lowest BCUT2D eigenvalue weighted by Crippen LogP contribution is -2.00. The van der Waals surface area contributed by atoms with Gasteiger partial charge in [0.15, 0.2) is 0 Å². The normalized spacial score (nSPS) is 10.4. The lowest BCUT2D eigenvalue weighted by atomic mass is 10.1. The maximum Gasteiger partial charge on any atom is 0.0705 e. The Morgan fingerprint density at radius 3 is 2.50 bits per heavy atom. The Morgan fingerprint density at radius 1 is 0.938 bits per heavy atom. The summed E-state index contributed by atoms with van der Waals surface area (Å²) in [7, 11) is 0. The van der Waals surface area contributed by atoms with E-state index < -0.39 is 0 Å². The summed E-state index contributed by atoms with van der Waals surface area (Å²) < 4.78 is 0. The molecule has 0 aliphatic heterocycles. The van der Waals surface area contributed by atoms with Gasteiger partial charge in [-0.15, -0.1) is 0 Å². The Balaban J connectivity index is 2.41. The van der Waals surface area contributed by atoms with Crippen LogP contribution in [0.4, 0.5) is 0 Å². The van der Waals surface area contributed by atoms with E-state index in [1.807, 2.05) is 36.4 Å². The van der Waals surface area contributed by atoms with Crippen LogP contribution in [0.2, 0.25) is 0 Å². The second kappa shape index (κ2) is 4.88. The molecule has 2 rings (SSSR count). The van der Waals surface area contributed by atoms with Gasteiger partial charge in [-0.3, -0.25) is 4.98 Å². The Bertz CT molecular complexity index is 435. The average Bonchev–Trinajstić information content (AvgIpc) is 2.39. The summed E-state index contributed by atoms with van der Waals surface area (Å²) in [5.41, 5.74) is 15.2. The second-order valence-electron chi connectivity index (χ2n) is 3.62. The molecule has 1 aromatic heterocycles. The maximum atomic E-state index is 5.61. The minimum Gasteiger partial charge on any atom is -0.326 e. The van der Waals surface area contributed by atoms with Gasteiger partial charge in [0.05, 0.1) is 11.4 Å². The van der Waals surface area contributed by atoms with Crippen molar-refractivity contribution in [3.63, 3.8) is 0 Å². The molecular weight excluding hydrogens is 198 g/mol. The van der Waals surface area contributed by atoms with Crippen molar-refractivity contribution in [3.05, 3.63) is 53.7 Å². The third-order valence-electron chi connectivity index (χ3n) is 2.47. The Labute approximate surface area is 95.1 Å². The largest absolute Gasteiger partial charge is 0.326 e. The first kappa shape index (κ1) is 10.8. The standard InChI is InChI=1S/C13H15N3/c14-8-10-3-1-4-11(7-10)13-6-2-5-12(9-15)16-13/h1-7H,8-9,14-15H2. The van der Waals surface area contributed by atoms with Crippen molar-refractivity contribution in [1.82, 2.24) is 4.98 Å². The number of hydrogen-bond donors (Lipinski definition) is 2. The highest BCUT2D eigenvalue weighted by Gasteiger charge is 2.00. The molecule has 0 bridgehead atoms. The van der Waals surface area contributed by atoms with E-state index in [0.29, 0.717) is 13.1 Å². The average molecular weight is 213 g/mol. The second-order valence-corrected chi connectivity index (χ2v) is 3.62. The topological polar surface area (TPSA) is 64.9 Å². The third kappa shape index (κ3) is 2.27. The zero-order valence-corrected chi connectivity index (χ0v) is 9.06. The molecule has 0 aliphatic rings. The van der Waals surface area contributed by atoms with Gasteiger partial charge in [-0.25, -0.2) is 0 Å². The molecule has 16 heavy (non-hydrogen) atoms. The van der Waals surface area contributed by atoms with Crippen LogP contribution < -0.4 is 11.5 Å². The Hall–Kier alpha value is -1.71. The predicted octanol–water partition coefficient (Wildman–Crippen LogP) is 1.67. The van der Waals surface area contributed by atoms with Crippen LogP contribution in [0.5, 0.6) is 0 Å². The lowest BCUT2D eigenvalue weighted by molar-refractivity contribution is 0.993. The van der Waals surface area contributed by atoms with Gasteiger partial charge in [-0.05, 0) is 23.8 Å². The molecule has 0 amide bonds. The van der Waals surface area contributed by atoms with Gasteiger partial charge in [0.2, 0.25) is 0 Å². The van der Waals surface area contributed by atoms with Crippen LogP contribution in [0, 0.1) is 0 Å². The van der Waals surface area contributed by atoms with Crippen molar-refractivity contribution in [2.75, 3.05) is 0 Å². The molecule has 3 heteroatoms. The van der Waals surface area contributed by atoms with E-state index in [2.05, 4.69) is 11.1 Å². The number of nitrogens with two attached hydrogens (primary N) is 2. The summed E-state index contributed by atoms with van der Waals surface area (Å²) in [6.07, 6.45) is 0. The van der Waals surface area contributed by atoms with Crippen molar-refractivity contribution >= 4 is 0 Å². The van der Waals surface area contributed by atoms with Gasteiger partial charge in [-0.2, -0.15) is 0 Å². The van der Waals surface area contributed by atoms with E-state index in [-0.39, 0.29) is 0 Å². The third-order valence-corrected chi connectivity index (χ3v) is 2.47. The number of benzene rings is 1. The van der Waals surface area contributed by atoms with Crippen LogP contribution in [-0.2, 0) is 13.1 Å². The summed E-state index contributed by atoms with van der Waals surface area (Å²) in [5.74, 6) is 0. The highest BCUT2D eigenvalue weighted by Crippen LogP contribution is 2.18. The molecule has 0 aliphatic carbocycles. The summed E-state index contributed by atoms with van der Waals surface area (Å²) in [5, 5.41) is 0. The molecule has 4 N–H and O–H groups in total. The molecule has 0 saturated heterocycles. The van der Waals surface area contributed by atoms with E-state index >= 15 is 0 Å². The van der Waals surface area contributed by atoms with Crippen LogP contribution in [0.1, 0.15) is 11.3 Å². The smallest absolute Gasteiger partial charge is 0.0705 e. The summed E-state index contributed by atoms with van der Waals surface area (Å²) in [6.45, 7) is 1.01. The number of nitrogens with zero attached hydrogens (tertiary/aromatic N) is 1. The molecule has 0 fully saturated rings. The van der Waals surface area contributed by atoms with Gasteiger partial charge >= 0.3 is 0 Å². The summed E-state index contributed by atoms with van der Waals surface area (Å²) in [4.78, 5) is 4.47. The fourth-order valence-electron chi connectivity index (χ4n) is 1.61. The number of hydrogen-bond acceptors (Lipinski definition) is 3. The minimum absolute atomic E-state index is 0.463. The predicted molar refractivity (Wildman–Crippen MR) is 65.5 cm³/mol. The molecule has 0 spiro atoms. The molecule has 0 radical (unpaired) electrons. The Morgan fingerprint density at radius 2 is 1.75 bits per heavy atom. The molecule has 82 valence electrons. The van der Waals surface area contributed by atoms with Crippen molar-refractivity contribution in [3.8, 4) is 11.3 Å². The van der Waals surface area contributed by atoms with Gasteiger partial charge in [-0.1, -0.05) is 24.3 Å². The first-order chi connectivity index (χ1) is 7.83.